The molecule has 3 aromatic rings. The number of nitrogens with one attached hydrogen (secondary N) is 1. The summed E-state index contributed by atoms with van der Waals surface area (Å²) >= 11 is 0. The van der Waals surface area contributed by atoms with Gasteiger partial charge < -0.3 is 10.1 Å². The van der Waals surface area contributed by atoms with E-state index in [1.54, 1.807) is 17.9 Å². The molecule has 176 valence electrons. The highest BCUT2D eigenvalue weighted by molar-refractivity contribution is 7.91. The van der Waals surface area contributed by atoms with E-state index in [-0.39, 0.29) is 23.5 Å². The van der Waals surface area contributed by atoms with E-state index in [9.17, 15) is 13.2 Å². The Bertz CT molecular complexity index is 1280. The second-order valence-corrected chi connectivity index (χ2v) is 10.8. The number of fused-ring (bicyclic) bond motifs is 1. The number of carbonyl (C=O) groups excluding carboxylic acids is 1. The molecule has 8 nitrogen and oxygen atoms in total. The van der Waals surface area contributed by atoms with Crippen molar-refractivity contribution >= 4 is 26.8 Å². The molecule has 1 N–H and O–H groups in total. The van der Waals surface area contributed by atoms with Crippen LogP contribution in [0.3, 0.4) is 0 Å². The van der Waals surface area contributed by atoms with Gasteiger partial charge in [0.2, 0.25) is 0 Å². The average Bonchev–Trinajstić information content (AvgIpc) is 3.34. The Morgan fingerprint density at radius 2 is 2.09 bits per heavy atom. The second-order valence-electron chi connectivity index (χ2n) is 8.54. The van der Waals surface area contributed by atoms with Gasteiger partial charge in [0.05, 0.1) is 47.0 Å². The number of sulfone groups is 1. The third-order valence-electron chi connectivity index (χ3n) is 6.07. The fourth-order valence-electron chi connectivity index (χ4n) is 4.32. The van der Waals surface area contributed by atoms with E-state index in [4.69, 9.17) is 9.72 Å². The Morgan fingerprint density at radius 3 is 2.79 bits per heavy atom. The number of rotatable bonds is 8. The standard InChI is InChI=1S/C24H30N4O4S/c1-4-5-6-11-25-24(29)20-14-21(17-8-7-9-19(13-17)32-3)26-23-22(20)16(2)27-28(23)18-10-12-33(30,31)15-18/h7-9,13-14,18H,4-6,10-12,15H2,1-3H3,(H,25,29). The van der Waals surface area contributed by atoms with Crippen LogP contribution in [0.15, 0.2) is 30.3 Å². The van der Waals surface area contributed by atoms with E-state index < -0.39 is 9.84 Å². The zero-order chi connectivity index (χ0) is 23.6. The van der Waals surface area contributed by atoms with Gasteiger partial charge >= 0.3 is 0 Å². The number of nitrogens with zero attached hydrogens (tertiary/aromatic N) is 3. The molecule has 33 heavy (non-hydrogen) atoms. The lowest BCUT2D eigenvalue weighted by molar-refractivity contribution is 0.0954. The number of ether oxygens (including phenoxy) is 1. The third-order valence-corrected chi connectivity index (χ3v) is 7.82. The Hall–Kier alpha value is -2.94. The van der Waals surface area contributed by atoms with Gasteiger partial charge in [-0.05, 0) is 38.0 Å². The highest BCUT2D eigenvalue weighted by Crippen LogP contribution is 2.32. The number of methoxy groups -OCH3 is 1. The van der Waals surface area contributed by atoms with Gasteiger partial charge in [0.1, 0.15) is 5.75 Å². The summed E-state index contributed by atoms with van der Waals surface area (Å²) in [6.07, 6.45) is 3.53. The SMILES string of the molecule is CCCCCNC(=O)c1cc(-c2cccc(OC)c2)nc2c1c(C)nn2C1CCS(=O)(=O)C1. The van der Waals surface area contributed by atoms with Crippen LogP contribution in [0.5, 0.6) is 5.75 Å². The summed E-state index contributed by atoms with van der Waals surface area (Å²) in [5, 5.41) is 8.33. The maximum atomic E-state index is 13.2. The van der Waals surface area contributed by atoms with Crippen molar-refractivity contribution in [3.63, 3.8) is 0 Å². The monoisotopic (exact) mass is 470 g/mol. The first-order chi connectivity index (χ1) is 15.8. The second kappa shape index (κ2) is 9.51. The highest BCUT2D eigenvalue weighted by Gasteiger charge is 2.32. The maximum Gasteiger partial charge on any atom is 0.252 e. The normalized spacial score (nSPS) is 17.4. The van der Waals surface area contributed by atoms with Gasteiger partial charge in [-0.1, -0.05) is 31.9 Å². The predicted molar refractivity (Wildman–Crippen MR) is 128 cm³/mol. The Balaban J connectivity index is 1.84. The molecule has 1 saturated heterocycles. The molecule has 0 radical (unpaired) electrons. The molecule has 0 bridgehead atoms. The molecule has 1 fully saturated rings. The van der Waals surface area contributed by atoms with Crippen LogP contribution in [0.4, 0.5) is 0 Å². The Labute approximate surface area is 194 Å². The van der Waals surface area contributed by atoms with Gasteiger partial charge in [0.25, 0.3) is 5.91 Å². The first-order valence-electron chi connectivity index (χ1n) is 11.4. The van der Waals surface area contributed by atoms with E-state index >= 15 is 0 Å². The van der Waals surface area contributed by atoms with Gasteiger partial charge in [0, 0.05) is 12.1 Å². The lowest BCUT2D eigenvalue weighted by Crippen LogP contribution is -2.25. The minimum atomic E-state index is -3.10. The van der Waals surface area contributed by atoms with E-state index in [0.29, 0.717) is 46.7 Å². The number of hydrogen-bond acceptors (Lipinski definition) is 6. The summed E-state index contributed by atoms with van der Waals surface area (Å²) in [7, 11) is -1.50. The largest absolute Gasteiger partial charge is 0.497 e. The predicted octanol–water partition coefficient (Wildman–Crippen LogP) is 3.69. The van der Waals surface area contributed by atoms with E-state index in [0.717, 1.165) is 24.8 Å². The molecule has 1 aromatic carbocycles. The molecule has 0 aliphatic carbocycles. The summed E-state index contributed by atoms with van der Waals surface area (Å²) in [6.45, 7) is 4.55. The molecule has 3 heterocycles. The summed E-state index contributed by atoms with van der Waals surface area (Å²) in [4.78, 5) is 18.1. The van der Waals surface area contributed by atoms with Crippen LogP contribution in [0, 0.1) is 6.92 Å². The number of carbonyl (C=O) groups is 1. The van der Waals surface area contributed by atoms with Crippen LogP contribution in [0.2, 0.25) is 0 Å². The zero-order valence-corrected chi connectivity index (χ0v) is 20.1. The summed E-state index contributed by atoms with van der Waals surface area (Å²) in [5.41, 5.74) is 3.12. The van der Waals surface area contributed by atoms with Gasteiger partial charge in [-0.25, -0.2) is 18.1 Å². The highest BCUT2D eigenvalue weighted by atomic mass is 32.2. The van der Waals surface area contributed by atoms with Crippen LogP contribution in [-0.4, -0.2) is 54.2 Å². The van der Waals surface area contributed by atoms with E-state index in [2.05, 4.69) is 17.3 Å². The Kier molecular flexibility index (Phi) is 6.69. The van der Waals surface area contributed by atoms with Crippen molar-refractivity contribution in [3.8, 4) is 17.0 Å². The molecule has 1 aliphatic rings. The van der Waals surface area contributed by atoms with Crippen LogP contribution in [0.1, 0.15) is 54.7 Å². The fraction of sp³-hybridized carbons (Fsp3) is 0.458. The third kappa shape index (κ3) is 4.88. The lowest BCUT2D eigenvalue weighted by Gasteiger charge is -2.13. The lowest BCUT2D eigenvalue weighted by atomic mass is 10.0. The molecule has 1 atom stereocenters. The van der Waals surface area contributed by atoms with Crippen LogP contribution < -0.4 is 10.1 Å². The molecule has 1 amide bonds. The molecule has 0 saturated carbocycles. The molecule has 4 rings (SSSR count). The number of aryl methyl sites for hydroxylation is 1. The van der Waals surface area contributed by atoms with Crippen molar-refractivity contribution < 1.29 is 17.9 Å². The van der Waals surface area contributed by atoms with Gasteiger partial charge in [-0.15, -0.1) is 0 Å². The van der Waals surface area contributed by atoms with Crippen molar-refractivity contribution in [2.45, 2.75) is 45.6 Å². The maximum absolute atomic E-state index is 13.2. The molecule has 9 heteroatoms. The molecule has 1 unspecified atom stereocenters. The summed E-state index contributed by atoms with van der Waals surface area (Å²) in [6, 6.07) is 8.99. The number of benzene rings is 1. The molecule has 0 spiro atoms. The van der Waals surface area contributed by atoms with Crippen LogP contribution in [0.25, 0.3) is 22.3 Å². The average molecular weight is 471 g/mol. The molecule has 1 aliphatic heterocycles. The molecular formula is C24H30N4O4S. The number of unbranched alkanes of at least 4 members (excludes halogenated alkanes) is 2. The minimum Gasteiger partial charge on any atom is -0.497 e. The Morgan fingerprint density at radius 1 is 1.27 bits per heavy atom. The van der Waals surface area contributed by atoms with Crippen molar-refractivity contribution in [2.75, 3.05) is 25.2 Å². The number of aromatic nitrogens is 3. The molecular weight excluding hydrogens is 440 g/mol. The topological polar surface area (TPSA) is 103 Å². The van der Waals surface area contributed by atoms with Gasteiger partial charge in [0.15, 0.2) is 15.5 Å². The van der Waals surface area contributed by atoms with Crippen molar-refractivity contribution in [3.05, 3.63) is 41.6 Å². The number of pyridine rings is 1. The fourth-order valence-corrected chi connectivity index (χ4v) is 6.01. The molecule has 2 aromatic heterocycles. The summed E-state index contributed by atoms with van der Waals surface area (Å²) in [5.74, 6) is 0.682. The number of hydrogen-bond donors (Lipinski definition) is 1. The smallest absolute Gasteiger partial charge is 0.252 e. The minimum absolute atomic E-state index is 0.0346. The van der Waals surface area contributed by atoms with Gasteiger partial charge in [-0.3, -0.25) is 4.79 Å². The van der Waals surface area contributed by atoms with Crippen molar-refractivity contribution in [1.82, 2.24) is 20.1 Å². The quantitative estimate of drug-likeness (QED) is 0.504. The van der Waals surface area contributed by atoms with Crippen molar-refractivity contribution in [1.29, 1.82) is 0 Å². The van der Waals surface area contributed by atoms with E-state index in [1.165, 1.54) is 0 Å². The first kappa shape index (κ1) is 23.2. The number of amides is 1. The van der Waals surface area contributed by atoms with Gasteiger partial charge in [-0.2, -0.15) is 5.10 Å². The van der Waals surface area contributed by atoms with Crippen LogP contribution >= 0.6 is 0 Å². The van der Waals surface area contributed by atoms with Crippen molar-refractivity contribution in [2.24, 2.45) is 0 Å². The van der Waals surface area contributed by atoms with E-state index in [1.807, 2.05) is 31.2 Å². The zero-order valence-electron chi connectivity index (χ0n) is 19.3. The summed E-state index contributed by atoms with van der Waals surface area (Å²) < 4.78 is 31.3. The first-order valence-corrected chi connectivity index (χ1v) is 13.2. The van der Waals surface area contributed by atoms with Crippen LogP contribution in [-0.2, 0) is 9.84 Å².